The van der Waals surface area contributed by atoms with Crippen LogP contribution in [0.1, 0.15) is 11.3 Å². The Hall–Kier alpha value is -2.27. The first-order valence-electron chi connectivity index (χ1n) is 9.89. The second-order valence-corrected chi connectivity index (χ2v) is 8.05. The van der Waals surface area contributed by atoms with Crippen LogP contribution in [0.4, 0.5) is 0 Å². The average molecular weight is 426 g/mol. The minimum Gasteiger partial charge on any atom is -0.489 e. The average Bonchev–Trinajstić information content (AvgIpc) is 2.88. The Morgan fingerprint density at radius 3 is 2.83 bits per heavy atom. The third-order valence-corrected chi connectivity index (χ3v) is 6.40. The van der Waals surface area contributed by atoms with Crippen LogP contribution in [-0.2, 0) is 19.4 Å². The first kappa shape index (κ1) is 18.7. The van der Waals surface area contributed by atoms with E-state index < -0.39 is 0 Å². The molecule has 0 spiro atoms. The molecule has 29 heavy (non-hydrogen) atoms. The van der Waals surface area contributed by atoms with Crippen LogP contribution in [0.2, 0.25) is 10.0 Å². The minimum absolute atomic E-state index is 0.555. The van der Waals surface area contributed by atoms with E-state index in [-0.39, 0.29) is 0 Å². The lowest BCUT2D eigenvalue weighted by Crippen LogP contribution is -2.18. The molecule has 0 aliphatic carbocycles. The van der Waals surface area contributed by atoms with Gasteiger partial charge in [0, 0.05) is 35.6 Å². The van der Waals surface area contributed by atoms with Crippen LogP contribution in [0.25, 0.3) is 21.8 Å². The van der Waals surface area contributed by atoms with Crippen molar-refractivity contribution in [3.05, 3.63) is 70.0 Å². The van der Waals surface area contributed by atoms with Gasteiger partial charge in [0.1, 0.15) is 17.9 Å². The maximum Gasteiger partial charge on any atom is 0.145 e. The SMILES string of the molecule is Clc1ccc2c(c1Cl)c1c(n2CCOc2cccc3cccnc23)CCNCC1. The molecule has 2 aromatic heterocycles. The zero-order valence-electron chi connectivity index (χ0n) is 15.9. The van der Waals surface area contributed by atoms with Gasteiger partial charge in [-0.1, -0.05) is 41.4 Å². The fourth-order valence-electron chi connectivity index (χ4n) is 4.30. The molecule has 3 heterocycles. The van der Waals surface area contributed by atoms with Gasteiger partial charge in [-0.05, 0) is 42.8 Å². The van der Waals surface area contributed by atoms with Crippen molar-refractivity contribution in [2.75, 3.05) is 19.7 Å². The van der Waals surface area contributed by atoms with Gasteiger partial charge in [-0.2, -0.15) is 0 Å². The summed E-state index contributed by atoms with van der Waals surface area (Å²) in [4.78, 5) is 4.48. The zero-order valence-corrected chi connectivity index (χ0v) is 17.4. The van der Waals surface area contributed by atoms with E-state index in [0.29, 0.717) is 16.7 Å². The molecule has 1 aliphatic rings. The van der Waals surface area contributed by atoms with Gasteiger partial charge in [-0.15, -0.1) is 0 Å². The van der Waals surface area contributed by atoms with Crippen LogP contribution in [0.5, 0.6) is 5.75 Å². The highest BCUT2D eigenvalue weighted by molar-refractivity contribution is 6.45. The molecule has 0 amide bonds. The van der Waals surface area contributed by atoms with Crippen molar-refractivity contribution in [2.45, 2.75) is 19.4 Å². The highest BCUT2D eigenvalue weighted by Crippen LogP contribution is 2.37. The molecule has 6 heteroatoms. The first-order valence-corrected chi connectivity index (χ1v) is 10.6. The van der Waals surface area contributed by atoms with Gasteiger partial charge in [-0.3, -0.25) is 4.98 Å². The Labute approximate surface area is 179 Å². The largest absolute Gasteiger partial charge is 0.489 e. The van der Waals surface area contributed by atoms with E-state index in [2.05, 4.69) is 20.9 Å². The summed E-state index contributed by atoms with van der Waals surface area (Å²) < 4.78 is 8.51. The summed E-state index contributed by atoms with van der Waals surface area (Å²) in [6, 6.07) is 14.0. The summed E-state index contributed by atoms with van der Waals surface area (Å²) >= 11 is 13.0. The third-order valence-electron chi connectivity index (χ3n) is 5.60. The van der Waals surface area contributed by atoms with Crippen molar-refractivity contribution in [3.63, 3.8) is 0 Å². The highest BCUT2D eigenvalue weighted by Gasteiger charge is 2.21. The van der Waals surface area contributed by atoms with Gasteiger partial charge in [0.25, 0.3) is 0 Å². The molecule has 0 atom stereocenters. The van der Waals surface area contributed by atoms with Gasteiger partial charge in [-0.25, -0.2) is 0 Å². The lowest BCUT2D eigenvalue weighted by atomic mass is 10.1. The van der Waals surface area contributed by atoms with Crippen molar-refractivity contribution < 1.29 is 4.74 Å². The number of nitrogens with zero attached hydrogens (tertiary/aromatic N) is 2. The number of hydrogen-bond donors (Lipinski definition) is 1. The molecule has 1 aliphatic heterocycles. The zero-order chi connectivity index (χ0) is 19.8. The summed E-state index contributed by atoms with van der Waals surface area (Å²) in [6.45, 7) is 3.21. The number of aromatic nitrogens is 2. The molecule has 5 rings (SSSR count). The summed E-state index contributed by atoms with van der Waals surface area (Å²) in [5, 5.41) is 6.91. The van der Waals surface area contributed by atoms with Crippen LogP contribution in [0.15, 0.2) is 48.7 Å². The maximum absolute atomic E-state index is 6.62. The van der Waals surface area contributed by atoms with Crippen LogP contribution >= 0.6 is 23.2 Å². The molecule has 0 saturated heterocycles. The Morgan fingerprint density at radius 1 is 1.03 bits per heavy atom. The van der Waals surface area contributed by atoms with E-state index in [9.17, 15) is 0 Å². The minimum atomic E-state index is 0.555. The second kappa shape index (κ2) is 7.86. The van der Waals surface area contributed by atoms with Gasteiger partial charge < -0.3 is 14.6 Å². The van der Waals surface area contributed by atoms with Crippen molar-refractivity contribution >= 4 is 45.0 Å². The molecule has 0 fully saturated rings. The maximum atomic E-state index is 6.62. The molecule has 1 N–H and O–H groups in total. The Bertz CT molecular complexity index is 1200. The number of hydrogen-bond acceptors (Lipinski definition) is 3. The molecule has 0 unspecified atom stereocenters. The number of nitrogens with one attached hydrogen (secondary N) is 1. The molecule has 148 valence electrons. The summed E-state index contributed by atoms with van der Waals surface area (Å²) in [5.41, 5.74) is 4.66. The fraction of sp³-hybridized carbons (Fsp3) is 0.261. The second-order valence-electron chi connectivity index (χ2n) is 7.26. The van der Waals surface area contributed by atoms with Crippen molar-refractivity contribution in [1.29, 1.82) is 0 Å². The molecular weight excluding hydrogens is 405 g/mol. The number of pyridine rings is 1. The van der Waals surface area contributed by atoms with Crippen LogP contribution in [0, 0.1) is 0 Å². The van der Waals surface area contributed by atoms with Crippen LogP contribution in [0.3, 0.4) is 0 Å². The topological polar surface area (TPSA) is 39.1 Å². The van der Waals surface area contributed by atoms with E-state index >= 15 is 0 Å². The molecular formula is C23H21Cl2N3O. The van der Waals surface area contributed by atoms with Crippen molar-refractivity contribution in [1.82, 2.24) is 14.9 Å². The highest BCUT2D eigenvalue weighted by atomic mass is 35.5. The number of halogens is 2. The Kier molecular flexibility index (Phi) is 5.08. The molecule has 0 bridgehead atoms. The molecule has 2 aromatic carbocycles. The summed E-state index contributed by atoms with van der Waals surface area (Å²) in [7, 11) is 0. The normalized spacial score (nSPS) is 14.1. The van der Waals surface area contributed by atoms with E-state index in [0.717, 1.165) is 60.0 Å². The lowest BCUT2D eigenvalue weighted by Gasteiger charge is -2.13. The smallest absolute Gasteiger partial charge is 0.145 e. The molecule has 4 nitrogen and oxygen atoms in total. The monoisotopic (exact) mass is 425 g/mol. The Balaban J connectivity index is 1.49. The van der Waals surface area contributed by atoms with Gasteiger partial charge in [0.15, 0.2) is 0 Å². The van der Waals surface area contributed by atoms with E-state index in [1.807, 2.05) is 36.4 Å². The van der Waals surface area contributed by atoms with Crippen LogP contribution < -0.4 is 10.1 Å². The van der Waals surface area contributed by atoms with E-state index in [1.54, 1.807) is 6.20 Å². The third kappa shape index (κ3) is 3.35. The first-order chi connectivity index (χ1) is 14.2. The number of fused-ring (bicyclic) bond motifs is 4. The van der Waals surface area contributed by atoms with Crippen molar-refractivity contribution in [3.8, 4) is 5.75 Å². The lowest BCUT2D eigenvalue weighted by molar-refractivity contribution is 0.301. The predicted molar refractivity (Wildman–Crippen MR) is 119 cm³/mol. The quantitative estimate of drug-likeness (QED) is 0.484. The molecule has 0 saturated carbocycles. The van der Waals surface area contributed by atoms with E-state index in [1.165, 1.54) is 11.3 Å². The van der Waals surface area contributed by atoms with Crippen LogP contribution in [-0.4, -0.2) is 29.2 Å². The van der Waals surface area contributed by atoms with Gasteiger partial charge >= 0.3 is 0 Å². The molecule has 4 aromatic rings. The Morgan fingerprint density at radius 2 is 1.90 bits per heavy atom. The number of benzene rings is 2. The molecule has 0 radical (unpaired) electrons. The number of ether oxygens (including phenoxy) is 1. The van der Waals surface area contributed by atoms with Crippen molar-refractivity contribution in [2.24, 2.45) is 0 Å². The summed E-state index contributed by atoms with van der Waals surface area (Å²) in [5.74, 6) is 0.813. The van der Waals surface area contributed by atoms with Gasteiger partial charge in [0.2, 0.25) is 0 Å². The fourth-order valence-corrected chi connectivity index (χ4v) is 4.73. The predicted octanol–water partition coefficient (Wildman–Crippen LogP) is 5.26. The standard InChI is InChI=1S/C23H21Cl2N3O/c24-17-6-7-19-21(22(17)25)16-8-11-26-12-9-18(16)28(19)13-14-29-20-5-1-3-15-4-2-10-27-23(15)20/h1-7,10,26H,8-9,11-14H2. The number of rotatable bonds is 4. The summed E-state index contributed by atoms with van der Waals surface area (Å²) in [6.07, 6.45) is 3.72. The van der Waals surface area contributed by atoms with Gasteiger partial charge in [0.05, 0.1) is 22.1 Å². The van der Waals surface area contributed by atoms with E-state index in [4.69, 9.17) is 27.9 Å². The number of para-hydroxylation sites is 1.